The van der Waals surface area contributed by atoms with Crippen LogP contribution in [0.5, 0.6) is 0 Å². The number of hydrogen-bond acceptors (Lipinski definition) is 0. The van der Waals surface area contributed by atoms with Crippen LogP contribution in [0.4, 0.5) is 0 Å². The molecule has 13 heavy (non-hydrogen) atoms. The first kappa shape index (κ1) is 4.71. The molecule has 0 saturated carbocycles. The molecule has 0 bridgehead atoms. The Hall–Kier alpha value is 1.38. The monoisotopic (exact) mass is 250 g/mol. The third-order valence-corrected chi connectivity index (χ3v) is 69.6. The van der Waals surface area contributed by atoms with Crippen LogP contribution in [0.25, 0.3) is 0 Å². The van der Waals surface area contributed by atoms with Crippen LogP contribution in [0.3, 0.4) is 0 Å². The first-order valence-electron chi connectivity index (χ1n) is 5.72. The van der Waals surface area contributed by atoms with Crippen LogP contribution >= 0.6 is 18.5 Å². The van der Waals surface area contributed by atoms with E-state index in [-0.39, 0.29) is 0 Å². The zero-order valence-electron chi connectivity index (χ0n) is 7.13. The van der Waals surface area contributed by atoms with Gasteiger partial charge >= 0.3 is 71.6 Å². The van der Waals surface area contributed by atoms with Gasteiger partial charge in [0, 0.05) is 0 Å². The Morgan fingerprint density at radius 2 is 1.08 bits per heavy atom. The summed E-state index contributed by atoms with van der Waals surface area (Å²) in [6, 6.07) is 0. The second-order valence-corrected chi connectivity index (χ2v) is 36.1. The summed E-state index contributed by atoms with van der Waals surface area (Å²) in [7, 11) is 7.00. The molecule has 10 rings (SSSR count). The minimum atomic E-state index is -2.69. The average molecular weight is 250 g/mol. The van der Waals surface area contributed by atoms with E-state index in [1.165, 1.54) is 38.5 Å². The quantitative estimate of drug-likeness (QED) is 0.458. The Morgan fingerprint density at radius 1 is 0.692 bits per heavy atom. The maximum atomic E-state index is 3.50. The second-order valence-electron chi connectivity index (χ2n) is 9.86. The first-order chi connectivity index (χ1) is 5.94. The molecule has 10 heterocycles. The molecule has 0 aliphatic carbocycles. The molecule has 10 aliphatic rings. The van der Waals surface area contributed by atoms with Crippen molar-refractivity contribution in [2.24, 2.45) is 0 Å². The predicted octanol–water partition coefficient (Wildman–Crippen LogP) is 2.94. The minimum absolute atomic E-state index is 1.01. The molecule has 0 N–H and O–H groups in total. The van der Waals surface area contributed by atoms with Crippen LogP contribution in [-0.2, 0) is 6.51 Å². The van der Waals surface area contributed by atoms with E-state index in [2.05, 4.69) is 18.5 Å². The summed E-state index contributed by atoms with van der Waals surface area (Å²) in [5.41, 5.74) is 0. The van der Waals surface area contributed by atoms with E-state index < -0.39 is 6.51 Å². The Balaban J connectivity index is 2.20. The van der Waals surface area contributed by atoms with E-state index in [1.54, 1.807) is 0 Å². The van der Waals surface area contributed by atoms with E-state index in [4.69, 9.17) is 0 Å². The van der Waals surface area contributed by atoms with Gasteiger partial charge in [-0.2, -0.15) is 0 Å². The molecule has 0 nitrogen and oxygen atoms in total. The fourth-order valence-electron chi connectivity index (χ4n) is 16.8. The zero-order valence-corrected chi connectivity index (χ0v) is 10.5. The molecule has 1 spiro atoms. The molecule has 10 fully saturated rings. The van der Waals surface area contributed by atoms with Gasteiger partial charge in [0.2, 0.25) is 0 Å². The van der Waals surface area contributed by atoms with Gasteiger partial charge in [-0.25, -0.2) is 0 Å². The topological polar surface area (TPSA) is 0 Å². The van der Waals surface area contributed by atoms with Crippen molar-refractivity contribution in [1.29, 1.82) is 0 Å². The summed E-state index contributed by atoms with van der Waals surface area (Å²) >= 11 is 0. The van der Waals surface area contributed by atoms with Gasteiger partial charge in [0.25, 0.3) is 0 Å². The van der Waals surface area contributed by atoms with Crippen LogP contribution in [0.1, 0.15) is 0 Å². The van der Waals surface area contributed by atoms with Gasteiger partial charge in [-0.15, -0.1) is 0 Å². The fraction of sp³-hybridized carbons (Fsp3) is 1.00. The Bertz CT molecular complexity index is 822. The summed E-state index contributed by atoms with van der Waals surface area (Å²) in [4.78, 5) is 11.8. The standard InChI is InChI=1S/C5H7P2.C5H5.Fe/c6-4-2-1-3-5(4)7;1-2-4-5-3-1;/h1-3H,6-7H2;1-5H;. The van der Waals surface area contributed by atoms with Crippen molar-refractivity contribution < 1.29 is 6.51 Å². The summed E-state index contributed by atoms with van der Waals surface area (Å²) in [5.74, 6) is 0. The Morgan fingerprint density at radius 3 is 1.08 bits per heavy atom. The summed E-state index contributed by atoms with van der Waals surface area (Å²) < 4.78 is 2.02. The van der Waals surface area contributed by atoms with Gasteiger partial charge in [0.1, 0.15) is 0 Å². The molecule has 0 aromatic heterocycles. The van der Waals surface area contributed by atoms with Crippen molar-refractivity contribution in [3.8, 4) is 0 Å². The van der Waals surface area contributed by atoms with Crippen LogP contribution in [-0.4, -0.2) is 8.11 Å². The third-order valence-electron chi connectivity index (χ3n) is 15.1. The molecule has 0 aromatic rings. The predicted molar refractivity (Wildman–Crippen MR) is 54.9 cm³/mol. The second kappa shape index (κ2) is 0.302. The van der Waals surface area contributed by atoms with E-state index >= 15 is 0 Å². The van der Waals surface area contributed by atoms with E-state index in [0.717, 1.165) is 8.11 Å². The number of fused-ring (bicyclic) bond motifs is 10. The fourth-order valence-corrected chi connectivity index (χ4v) is 110. The van der Waals surface area contributed by atoms with Gasteiger partial charge in [0.15, 0.2) is 0 Å². The van der Waals surface area contributed by atoms with Crippen molar-refractivity contribution in [3.05, 3.63) is 0 Å². The molecule has 0 aromatic carbocycles. The average Bonchev–Trinajstić information content (AvgIpc) is 3.02. The van der Waals surface area contributed by atoms with Crippen molar-refractivity contribution in [3.63, 3.8) is 0 Å². The Kier molecular flexibility index (Phi) is 0.109. The van der Waals surface area contributed by atoms with E-state index in [9.17, 15) is 0 Å². The van der Waals surface area contributed by atoms with Crippen molar-refractivity contribution >= 4 is 18.5 Å². The van der Waals surface area contributed by atoms with Crippen molar-refractivity contribution in [2.75, 3.05) is 0 Å². The zero-order chi connectivity index (χ0) is 7.94. The maximum absolute atomic E-state index is 3.50. The Labute approximate surface area is 71.7 Å². The van der Waals surface area contributed by atoms with Gasteiger partial charge in [-0.05, 0) is 0 Å². The molecular formula is C10H12FeP2. The first-order valence-corrected chi connectivity index (χ1v) is 13.1. The van der Waals surface area contributed by atoms with Crippen LogP contribution in [0.2, 0.25) is 38.5 Å². The van der Waals surface area contributed by atoms with Crippen LogP contribution in [0.15, 0.2) is 0 Å². The molecule has 70 valence electrons. The normalized spacial score (nSPS) is 158. The molecular weight excluding hydrogens is 238 g/mol. The SMILES string of the molecule is P[C]12[CH]3[CH]4[CH]5[C]1(P)[Fe]43521678[CH]2[CH]1[CH]6[CH]7[CH]28. The van der Waals surface area contributed by atoms with Gasteiger partial charge in [0.05, 0.1) is 0 Å². The molecule has 3 heteroatoms. The summed E-state index contributed by atoms with van der Waals surface area (Å²) in [6.45, 7) is -2.69. The summed E-state index contributed by atoms with van der Waals surface area (Å²) in [6.07, 6.45) is 0. The van der Waals surface area contributed by atoms with E-state index in [1.807, 2.05) is 0 Å². The van der Waals surface area contributed by atoms with Crippen molar-refractivity contribution in [1.82, 2.24) is 0 Å². The molecule has 0 radical (unpaired) electrons. The van der Waals surface area contributed by atoms with Crippen molar-refractivity contribution in [2.45, 2.75) is 46.6 Å². The van der Waals surface area contributed by atoms with Gasteiger partial charge in [-0.3, -0.25) is 0 Å². The number of rotatable bonds is 0. The van der Waals surface area contributed by atoms with Gasteiger partial charge in [-0.1, -0.05) is 0 Å². The van der Waals surface area contributed by atoms with Gasteiger partial charge < -0.3 is 0 Å². The number of hydrogen-bond donors (Lipinski definition) is 0. The van der Waals surface area contributed by atoms with Crippen LogP contribution < -0.4 is 0 Å². The summed E-state index contributed by atoms with van der Waals surface area (Å²) in [5, 5.41) is 0. The molecule has 10 saturated heterocycles. The molecule has 10 aliphatic heterocycles. The molecule has 6 atom stereocenters. The molecule has 0 amide bonds. The molecule has 6 unspecified atom stereocenters. The van der Waals surface area contributed by atoms with Crippen LogP contribution in [0, 0.1) is 0 Å². The third kappa shape index (κ3) is 0.0332. The van der Waals surface area contributed by atoms with E-state index in [0.29, 0.717) is 0 Å².